The number of benzene rings is 1. The fraction of sp³-hybridized carbons (Fsp3) is 0.611. The van der Waals surface area contributed by atoms with Crippen molar-refractivity contribution in [3.8, 4) is 0 Å². The molecule has 1 aromatic rings. The van der Waals surface area contributed by atoms with Crippen LogP contribution in [0.3, 0.4) is 0 Å². The predicted octanol–water partition coefficient (Wildman–Crippen LogP) is 2.34. The third-order valence-corrected chi connectivity index (χ3v) is 5.11. The molecule has 0 unspecified atom stereocenters. The van der Waals surface area contributed by atoms with E-state index in [1.807, 2.05) is 0 Å². The average Bonchev–Trinajstić information content (AvgIpc) is 3.01. The molecule has 0 saturated carbocycles. The van der Waals surface area contributed by atoms with Gasteiger partial charge in [0.2, 0.25) is 5.91 Å². The minimum atomic E-state index is -0.313. The highest BCUT2D eigenvalue weighted by molar-refractivity contribution is 5.93. The minimum absolute atomic E-state index is 0.0878. The molecule has 24 heavy (non-hydrogen) atoms. The van der Waals surface area contributed by atoms with Crippen molar-refractivity contribution in [2.75, 3.05) is 38.7 Å². The number of hydrogen-bond acceptors (Lipinski definition) is 4. The standard InChI is InChI=1S/C18H25FN2O3/c1-13-14(19)5-3-6-15(13)20-17(22)11-21-9-7-16(23-2)18(12-21)8-4-10-24-18/h3,5-6,16H,4,7-12H2,1-2H3,(H,20,22)/t16-,18+/m0/s1. The van der Waals surface area contributed by atoms with Crippen LogP contribution in [0, 0.1) is 12.7 Å². The number of halogens is 1. The third-order valence-electron chi connectivity index (χ3n) is 5.11. The molecular formula is C18H25FN2O3. The summed E-state index contributed by atoms with van der Waals surface area (Å²) >= 11 is 0. The lowest BCUT2D eigenvalue weighted by Gasteiger charge is -2.44. The van der Waals surface area contributed by atoms with E-state index in [2.05, 4.69) is 10.2 Å². The summed E-state index contributed by atoms with van der Waals surface area (Å²) in [5.74, 6) is -0.445. The van der Waals surface area contributed by atoms with Crippen molar-refractivity contribution in [3.05, 3.63) is 29.6 Å². The van der Waals surface area contributed by atoms with Crippen LogP contribution in [0.1, 0.15) is 24.8 Å². The van der Waals surface area contributed by atoms with E-state index >= 15 is 0 Å². The van der Waals surface area contributed by atoms with Crippen LogP contribution in [0.25, 0.3) is 0 Å². The molecule has 1 N–H and O–H groups in total. The number of nitrogens with one attached hydrogen (secondary N) is 1. The van der Waals surface area contributed by atoms with Crippen LogP contribution in [0.5, 0.6) is 0 Å². The summed E-state index contributed by atoms with van der Waals surface area (Å²) in [7, 11) is 1.73. The Balaban J connectivity index is 1.61. The van der Waals surface area contributed by atoms with Gasteiger partial charge in [-0.25, -0.2) is 4.39 Å². The number of piperidine rings is 1. The summed E-state index contributed by atoms with van der Waals surface area (Å²) in [6, 6.07) is 4.71. The highest BCUT2D eigenvalue weighted by Gasteiger charge is 2.47. The fourth-order valence-corrected chi connectivity index (χ4v) is 3.82. The Kier molecular flexibility index (Phi) is 5.18. The monoisotopic (exact) mass is 336 g/mol. The maximum Gasteiger partial charge on any atom is 0.238 e. The first-order chi connectivity index (χ1) is 11.5. The van der Waals surface area contributed by atoms with Gasteiger partial charge in [-0.3, -0.25) is 9.69 Å². The van der Waals surface area contributed by atoms with Gasteiger partial charge in [0.15, 0.2) is 0 Å². The Bertz CT molecular complexity index is 602. The fourth-order valence-electron chi connectivity index (χ4n) is 3.82. The molecule has 132 valence electrons. The first-order valence-electron chi connectivity index (χ1n) is 8.48. The number of carbonyl (C=O) groups is 1. The molecule has 0 radical (unpaired) electrons. The molecule has 5 nitrogen and oxygen atoms in total. The van der Waals surface area contributed by atoms with Crippen LogP contribution >= 0.6 is 0 Å². The highest BCUT2D eigenvalue weighted by Crippen LogP contribution is 2.36. The molecule has 2 aliphatic rings. The zero-order valence-corrected chi connectivity index (χ0v) is 14.3. The molecule has 2 heterocycles. The number of likely N-dealkylation sites (tertiary alicyclic amines) is 1. The molecule has 2 aliphatic heterocycles. The molecule has 1 spiro atoms. The van der Waals surface area contributed by atoms with Gasteiger partial charge in [-0.2, -0.15) is 0 Å². The first-order valence-corrected chi connectivity index (χ1v) is 8.48. The maximum absolute atomic E-state index is 13.6. The normalized spacial score (nSPS) is 27.5. The van der Waals surface area contributed by atoms with Crippen molar-refractivity contribution in [1.29, 1.82) is 0 Å². The molecule has 3 rings (SSSR count). The summed E-state index contributed by atoms with van der Waals surface area (Å²) in [4.78, 5) is 14.5. The van der Waals surface area contributed by atoms with Crippen molar-refractivity contribution >= 4 is 11.6 Å². The highest BCUT2D eigenvalue weighted by atomic mass is 19.1. The molecule has 2 atom stereocenters. The van der Waals surface area contributed by atoms with Gasteiger partial charge < -0.3 is 14.8 Å². The zero-order chi connectivity index (χ0) is 17.2. The first kappa shape index (κ1) is 17.3. The molecule has 2 fully saturated rings. The number of nitrogens with zero attached hydrogens (tertiary/aromatic N) is 1. The zero-order valence-electron chi connectivity index (χ0n) is 14.3. The largest absolute Gasteiger partial charge is 0.378 e. The van der Waals surface area contributed by atoms with E-state index in [4.69, 9.17) is 9.47 Å². The number of methoxy groups -OCH3 is 1. The Morgan fingerprint density at radius 3 is 3.08 bits per heavy atom. The van der Waals surface area contributed by atoms with Crippen LogP contribution in [0.2, 0.25) is 0 Å². The van der Waals surface area contributed by atoms with E-state index in [-0.39, 0.29) is 30.0 Å². The van der Waals surface area contributed by atoms with Gasteiger partial charge in [0.1, 0.15) is 11.4 Å². The second kappa shape index (κ2) is 7.17. The van der Waals surface area contributed by atoms with Gasteiger partial charge >= 0.3 is 0 Å². The quantitative estimate of drug-likeness (QED) is 0.917. The molecule has 1 amide bonds. The van der Waals surface area contributed by atoms with Gasteiger partial charge in [-0.1, -0.05) is 6.07 Å². The van der Waals surface area contributed by atoms with Crippen molar-refractivity contribution < 1.29 is 18.7 Å². The van der Waals surface area contributed by atoms with Crippen LogP contribution in [-0.2, 0) is 14.3 Å². The minimum Gasteiger partial charge on any atom is -0.378 e. The van der Waals surface area contributed by atoms with Gasteiger partial charge in [-0.05, 0) is 38.3 Å². The van der Waals surface area contributed by atoms with Crippen molar-refractivity contribution in [1.82, 2.24) is 4.90 Å². The van der Waals surface area contributed by atoms with E-state index in [0.717, 1.165) is 32.4 Å². The van der Waals surface area contributed by atoms with E-state index in [0.29, 0.717) is 17.8 Å². The van der Waals surface area contributed by atoms with E-state index in [1.54, 1.807) is 26.2 Å². The van der Waals surface area contributed by atoms with Crippen molar-refractivity contribution in [2.24, 2.45) is 0 Å². The number of amides is 1. The van der Waals surface area contributed by atoms with Crippen molar-refractivity contribution in [2.45, 2.75) is 37.9 Å². The molecule has 0 bridgehead atoms. The molecule has 0 aromatic heterocycles. The Hall–Kier alpha value is -1.50. The molecule has 2 saturated heterocycles. The summed E-state index contributed by atoms with van der Waals surface area (Å²) in [6.45, 7) is 4.18. The van der Waals surface area contributed by atoms with Crippen LogP contribution in [0.4, 0.5) is 10.1 Å². The number of carbonyl (C=O) groups excluding carboxylic acids is 1. The average molecular weight is 336 g/mol. The topological polar surface area (TPSA) is 50.8 Å². The number of rotatable bonds is 4. The molecule has 6 heteroatoms. The van der Waals surface area contributed by atoms with Gasteiger partial charge in [0.05, 0.1) is 12.6 Å². The molecule has 0 aliphatic carbocycles. The summed E-state index contributed by atoms with van der Waals surface area (Å²) in [5, 5.41) is 2.81. The Labute approximate surface area is 142 Å². The number of anilines is 1. The SMILES string of the molecule is CO[C@H]1CCN(CC(=O)Nc2cccc(F)c2C)C[C@]12CCCO2. The third kappa shape index (κ3) is 3.45. The second-order valence-corrected chi connectivity index (χ2v) is 6.70. The lowest BCUT2D eigenvalue weighted by molar-refractivity contribution is -0.146. The smallest absolute Gasteiger partial charge is 0.238 e. The Morgan fingerprint density at radius 1 is 1.54 bits per heavy atom. The Morgan fingerprint density at radius 2 is 2.38 bits per heavy atom. The van der Waals surface area contributed by atoms with E-state index < -0.39 is 0 Å². The predicted molar refractivity (Wildman–Crippen MR) is 89.5 cm³/mol. The molecule has 1 aromatic carbocycles. The maximum atomic E-state index is 13.6. The van der Waals surface area contributed by atoms with E-state index in [9.17, 15) is 9.18 Å². The van der Waals surface area contributed by atoms with Gasteiger partial charge in [0, 0.05) is 38.1 Å². The summed E-state index contributed by atoms with van der Waals surface area (Å²) in [6.07, 6.45) is 2.93. The van der Waals surface area contributed by atoms with Gasteiger partial charge in [-0.15, -0.1) is 0 Å². The van der Waals surface area contributed by atoms with Crippen molar-refractivity contribution in [3.63, 3.8) is 0 Å². The summed E-state index contributed by atoms with van der Waals surface area (Å²) < 4.78 is 25.2. The lowest BCUT2D eigenvalue weighted by atomic mass is 9.87. The van der Waals surface area contributed by atoms with E-state index in [1.165, 1.54) is 6.07 Å². The van der Waals surface area contributed by atoms with Crippen LogP contribution in [0.15, 0.2) is 18.2 Å². The number of ether oxygens (including phenoxy) is 2. The van der Waals surface area contributed by atoms with Crippen LogP contribution < -0.4 is 5.32 Å². The van der Waals surface area contributed by atoms with Crippen LogP contribution in [-0.4, -0.2) is 55.9 Å². The van der Waals surface area contributed by atoms with Gasteiger partial charge in [0.25, 0.3) is 0 Å². The second-order valence-electron chi connectivity index (χ2n) is 6.70. The number of hydrogen-bond donors (Lipinski definition) is 1. The summed E-state index contributed by atoms with van der Waals surface area (Å²) in [5.41, 5.74) is 0.695. The lowest BCUT2D eigenvalue weighted by Crippen LogP contribution is -2.58. The molecular weight excluding hydrogens is 311 g/mol.